The predicted octanol–water partition coefficient (Wildman–Crippen LogP) is 3.74. The molecule has 120 valence electrons. The van der Waals surface area contributed by atoms with Crippen molar-refractivity contribution in [2.45, 2.75) is 19.3 Å². The Balaban J connectivity index is 2.23. The zero-order chi connectivity index (χ0) is 16.8. The van der Waals surface area contributed by atoms with Gasteiger partial charge in [0.25, 0.3) is 0 Å². The molecule has 1 amide bonds. The molecule has 0 unspecified atom stereocenters. The third-order valence-corrected chi connectivity index (χ3v) is 3.57. The van der Waals surface area contributed by atoms with Gasteiger partial charge in [0.2, 0.25) is 5.91 Å². The van der Waals surface area contributed by atoms with Crippen LogP contribution in [0.25, 0.3) is 0 Å². The van der Waals surface area contributed by atoms with E-state index in [9.17, 15) is 14.0 Å². The van der Waals surface area contributed by atoms with Crippen molar-refractivity contribution in [3.05, 3.63) is 65.5 Å². The molecular formula is C18H18FNO3. The summed E-state index contributed by atoms with van der Waals surface area (Å²) in [4.78, 5) is 24.0. The third-order valence-electron chi connectivity index (χ3n) is 3.57. The maximum Gasteiger partial charge on any atom is 0.337 e. The van der Waals surface area contributed by atoms with Crippen LogP contribution in [0.4, 0.5) is 10.1 Å². The lowest BCUT2D eigenvalue weighted by Crippen LogP contribution is -2.21. The molecule has 0 aliphatic rings. The molecule has 4 nitrogen and oxygen atoms in total. The van der Waals surface area contributed by atoms with Crippen molar-refractivity contribution in [3.63, 3.8) is 0 Å². The van der Waals surface area contributed by atoms with Crippen LogP contribution in [-0.2, 0) is 9.53 Å². The van der Waals surface area contributed by atoms with Gasteiger partial charge in [0.1, 0.15) is 5.82 Å². The van der Waals surface area contributed by atoms with Gasteiger partial charge in [0, 0.05) is 0 Å². The normalized spacial score (nSPS) is 11.6. The summed E-state index contributed by atoms with van der Waals surface area (Å²) in [5.74, 6) is -1.90. The maximum absolute atomic E-state index is 13.9. The summed E-state index contributed by atoms with van der Waals surface area (Å²) < 4.78 is 18.5. The summed E-state index contributed by atoms with van der Waals surface area (Å²) in [6.07, 6.45) is 0.578. The van der Waals surface area contributed by atoms with Gasteiger partial charge in [-0.1, -0.05) is 37.3 Å². The highest BCUT2D eigenvalue weighted by Crippen LogP contribution is 2.23. The predicted molar refractivity (Wildman–Crippen MR) is 85.8 cm³/mol. The fraction of sp³-hybridized carbons (Fsp3) is 0.222. The fourth-order valence-corrected chi connectivity index (χ4v) is 2.34. The number of methoxy groups -OCH3 is 1. The van der Waals surface area contributed by atoms with Crippen LogP contribution in [-0.4, -0.2) is 19.0 Å². The molecule has 0 aliphatic carbocycles. The molecule has 0 spiro atoms. The summed E-state index contributed by atoms with van der Waals surface area (Å²) in [6, 6.07) is 13.0. The van der Waals surface area contributed by atoms with Crippen molar-refractivity contribution in [1.29, 1.82) is 0 Å². The molecule has 2 aromatic carbocycles. The number of carbonyl (C=O) groups is 2. The number of hydrogen-bond donors (Lipinski definition) is 1. The van der Waals surface area contributed by atoms with Gasteiger partial charge in [0.15, 0.2) is 0 Å². The first kappa shape index (κ1) is 16.7. The molecule has 2 rings (SSSR count). The number of anilines is 1. The number of hydrogen-bond acceptors (Lipinski definition) is 3. The van der Waals surface area contributed by atoms with E-state index in [-0.39, 0.29) is 17.2 Å². The second kappa shape index (κ2) is 7.54. The summed E-state index contributed by atoms with van der Waals surface area (Å²) in [5.41, 5.74) is 1.00. The lowest BCUT2D eigenvalue weighted by molar-refractivity contribution is -0.117. The molecule has 0 saturated carbocycles. The summed E-state index contributed by atoms with van der Waals surface area (Å²) in [6.45, 7) is 1.89. The van der Waals surface area contributed by atoms with Crippen LogP contribution < -0.4 is 5.32 Å². The van der Waals surface area contributed by atoms with Gasteiger partial charge < -0.3 is 10.1 Å². The van der Waals surface area contributed by atoms with Crippen LogP contribution in [0.3, 0.4) is 0 Å². The van der Waals surface area contributed by atoms with Gasteiger partial charge in [-0.25, -0.2) is 9.18 Å². The number of rotatable bonds is 5. The lowest BCUT2D eigenvalue weighted by atomic mass is 9.95. The molecule has 0 radical (unpaired) electrons. The number of carbonyl (C=O) groups excluding carboxylic acids is 2. The van der Waals surface area contributed by atoms with Gasteiger partial charge in [-0.2, -0.15) is 0 Å². The Morgan fingerprint density at radius 3 is 2.48 bits per heavy atom. The van der Waals surface area contributed by atoms with Crippen LogP contribution in [0, 0.1) is 5.82 Å². The van der Waals surface area contributed by atoms with Gasteiger partial charge in [-0.3, -0.25) is 4.79 Å². The van der Waals surface area contributed by atoms with Crippen molar-refractivity contribution < 1.29 is 18.7 Å². The van der Waals surface area contributed by atoms with Crippen molar-refractivity contribution in [3.8, 4) is 0 Å². The molecule has 0 heterocycles. The SMILES string of the molecule is CC[C@H](C(=O)Nc1cc(C(=O)OC)ccc1F)c1ccccc1. The third kappa shape index (κ3) is 3.94. The zero-order valence-corrected chi connectivity index (χ0v) is 13.0. The Hall–Kier alpha value is -2.69. The van der Waals surface area contributed by atoms with E-state index in [1.165, 1.54) is 19.2 Å². The van der Waals surface area contributed by atoms with E-state index in [0.29, 0.717) is 6.42 Å². The number of halogens is 1. The summed E-state index contributed by atoms with van der Waals surface area (Å²) in [5, 5.41) is 2.56. The largest absolute Gasteiger partial charge is 0.465 e. The van der Waals surface area contributed by atoms with Crippen LogP contribution in [0.15, 0.2) is 48.5 Å². The standard InChI is InChI=1S/C18H18FNO3/c1-3-14(12-7-5-4-6-8-12)17(21)20-16-11-13(18(22)23-2)9-10-15(16)19/h4-11,14H,3H2,1-2H3,(H,20,21)/t14-/m0/s1. The first-order chi connectivity index (χ1) is 11.1. The van der Waals surface area contributed by atoms with Crippen molar-refractivity contribution >= 4 is 17.6 Å². The summed E-state index contributed by atoms with van der Waals surface area (Å²) >= 11 is 0. The molecule has 0 aromatic heterocycles. The van der Waals surface area contributed by atoms with E-state index in [1.54, 1.807) is 0 Å². The smallest absolute Gasteiger partial charge is 0.337 e. The Bertz CT molecular complexity index is 701. The van der Waals surface area contributed by atoms with Crippen molar-refractivity contribution in [2.75, 3.05) is 12.4 Å². The molecule has 1 atom stereocenters. The second-order valence-corrected chi connectivity index (χ2v) is 5.05. The molecule has 23 heavy (non-hydrogen) atoms. The quantitative estimate of drug-likeness (QED) is 0.855. The number of benzene rings is 2. The molecule has 0 aliphatic heterocycles. The second-order valence-electron chi connectivity index (χ2n) is 5.05. The van der Waals surface area contributed by atoms with E-state index in [0.717, 1.165) is 11.6 Å². The van der Waals surface area contributed by atoms with E-state index in [2.05, 4.69) is 10.1 Å². The highest BCUT2D eigenvalue weighted by Gasteiger charge is 2.20. The number of amides is 1. The van der Waals surface area contributed by atoms with Crippen molar-refractivity contribution in [1.82, 2.24) is 0 Å². The van der Waals surface area contributed by atoms with Gasteiger partial charge >= 0.3 is 5.97 Å². The van der Waals surface area contributed by atoms with Crippen LogP contribution in [0.1, 0.15) is 35.2 Å². The molecule has 0 fully saturated rings. The fourth-order valence-electron chi connectivity index (χ4n) is 2.34. The Labute approximate surface area is 134 Å². The van der Waals surface area contributed by atoms with Gasteiger partial charge in [-0.05, 0) is 30.2 Å². The molecular weight excluding hydrogens is 297 g/mol. The minimum absolute atomic E-state index is 0.0349. The molecule has 0 saturated heterocycles. The first-order valence-corrected chi connectivity index (χ1v) is 7.30. The van der Waals surface area contributed by atoms with Crippen LogP contribution in [0.5, 0.6) is 0 Å². The number of ether oxygens (including phenoxy) is 1. The highest BCUT2D eigenvalue weighted by atomic mass is 19.1. The van der Waals surface area contributed by atoms with E-state index in [1.807, 2.05) is 37.3 Å². The van der Waals surface area contributed by atoms with Crippen LogP contribution in [0.2, 0.25) is 0 Å². The monoisotopic (exact) mass is 315 g/mol. The number of nitrogens with one attached hydrogen (secondary N) is 1. The lowest BCUT2D eigenvalue weighted by Gasteiger charge is -2.16. The Morgan fingerprint density at radius 2 is 1.87 bits per heavy atom. The topological polar surface area (TPSA) is 55.4 Å². The first-order valence-electron chi connectivity index (χ1n) is 7.30. The van der Waals surface area contributed by atoms with E-state index < -0.39 is 17.7 Å². The molecule has 1 N–H and O–H groups in total. The average Bonchev–Trinajstić information content (AvgIpc) is 2.57. The minimum Gasteiger partial charge on any atom is -0.465 e. The average molecular weight is 315 g/mol. The van der Waals surface area contributed by atoms with Gasteiger partial charge in [-0.15, -0.1) is 0 Å². The highest BCUT2D eigenvalue weighted by molar-refractivity contribution is 5.97. The van der Waals surface area contributed by atoms with E-state index in [4.69, 9.17) is 0 Å². The minimum atomic E-state index is -0.603. The summed E-state index contributed by atoms with van der Waals surface area (Å²) in [7, 11) is 1.24. The number of esters is 1. The van der Waals surface area contributed by atoms with Crippen LogP contribution >= 0.6 is 0 Å². The maximum atomic E-state index is 13.9. The molecule has 5 heteroatoms. The zero-order valence-electron chi connectivity index (χ0n) is 13.0. The van der Waals surface area contributed by atoms with Crippen molar-refractivity contribution in [2.24, 2.45) is 0 Å². The Morgan fingerprint density at radius 1 is 1.17 bits per heavy atom. The Kier molecular flexibility index (Phi) is 5.46. The molecule has 0 bridgehead atoms. The molecule has 2 aromatic rings. The van der Waals surface area contributed by atoms with Gasteiger partial charge in [0.05, 0.1) is 24.3 Å². The van der Waals surface area contributed by atoms with E-state index >= 15 is 0 Å².